The Morgan fingerprint density at radius 3 is 2.63 bits per heavy atom. The number of hydrogen-bond donors (Lipinski definition) is 1. The number of amides is 2. The van der Waals surface area contributed by atoms with Crippen LogP contribution in [0, 0.1) is 0 Å². The van der Waals surface area contributed by atoms with E-state index in [0.29, 0.717) is 32.1 Å². The lowest BCUT2D eigenvalue weighted by atomic mass is 9.83. The van der Waals surface area contributed by atoms with Gasteiger partial charge < -0.3 is 19.6 Å². The summed E-state index contributed by atoms with van der Waals surface area (Å²) in [5, 5.41) is 2.47. The molecule has 1 atom stereocenters. The van der Waals surface area contributed by atoms with Gasteiger partial charge in [-0.05, 0) is 24.8 Å². The second kappa shape index (κ2) is 9.70. The number of rotatable bonds is 7. The molecule has 1 aromatic carbocycles. The van der Waals surface area contributed by atoms with Gasteiger partial charge in [0.2, 0.25) is 5.91 Å². The Morgan fingerprint density at radius 2 is 1.96 bits per heavy atom. The summed E-state index contributed by atoms with van der Waals surface area (Å²) >= 11 is 0. The number of hydrogen-bond acceptors (Lipinski definition) is 6. The minimum Gasteiger partial charge on any atom is -0.468 e. The molecule has 146 valence electrons. The van der Waals surface area contributed by atoms with Crippen LogP contribution in [-0.2, 0) is 30.5 Å². The van der Waals surface area contributed by atoms with Gasteiger partial charge in [0.15, 0.2) is 0 Å². The van der Waals surface area contributed by atoms with Crippen molar-refractivity contribution in [3.05, 3.63) is 35.9 Å². The first-order valence-electron chi connectivity index (χ1n) is 8.80. The number of nitrogens with zero attached hydrogens (tertiary/aromatic N) is 1. The van der Waals surface area contributed by atoms with Crippen molar-refractivity contribution in [3.63, 3.8) is 0 Å². The molecule has 8 heteroatoms. The third-order valence-electron chi connectivity index (χ3n) is 4.63. The molecule has 0 radical (unpaired) electrons. The Hall–Kier alpha value is -2.90. The van der Waals surface area contributed by atoms with E-state index < -0.39 is 23.5 Å². The van der Waals surface area contributed by atoms with Crippen LogP contribution in [0.4, 0.5) is 4.79 Å². The van der Waals surface area contributed by atoms with Crippen molar-refractivity contribution in [2.45, 2.75) is 37.8 Å². The van der Waals surface area contributed by atoms with E-state index in [1.54, 1.807) is 0 Å². The molecule has 27 heavy (non-hydrogen) atoms. The predicted molar refractivity (Wildman–Crippen MR) is 95.6 cm³/mol. The minimum atomic E-state index is -1.36. The average Bonchev–Trinajstić information content (AvgIpc) is 2.71. The second-order valence-corrected chi connectivity index (χ2v) is 6.31. The van der Waals surface area contributed by atoms with E-state index in [9.17, 15) is 19.2 Å². The zero-order valence-corrected chi connectivity index (χ0v) is 15.3. The number of carbonyl (C=O) groups is 4. The van der Waals surface area contributed by atoms with Crippen LogP contribution in [0.1, 0.15) is 31.2 Å². The summed E-state index contributed by atoms with van der Waals surface area (Å²) in [6, 6.07) is 9.18. The number of methoxy groups -OCH3 is 1. The fourth-order valence-corrected chi connectivity index (χ4v) is 3.17. The Labute approximate surface area is 157 Å². The Balaban J connectivity index is 2.13. The lowest BCUT2D eigenvalue weighted by molar-refractivity contribution is -0.144. The molecular formula is C19H24N2O6. The molecule has 1 N–H and O–H groups in total. The molecule has 1 aliphatic rings. The number of aldehydes is 1. The van der Waals surface area contributed by atoms with Crippen molar-refractivity contribution in [1.82, 2.24) is 10.2 Å². The van der Waals surface area contributed by atoms with Crippen molar-refractivity contribution in [1.29, 1.82) is 0 Å². The van der Waals surface area contributed by atoms with E-state index in [1.807, 2.05) is 30.3 Å². The third kappa shape index (κ3) is 5.06. The van der Waals surface area contributed by atoms with Crippen LogP contribution in [0.2, 0.25) is 0 Å². The second-order valence-electron chi connectivity index (χ2n) is 6.31. The lowest BCUT2D eigenvalue weighted by Crippen LogP contribution is -2.63. The molecule has 0 aromatic heterocycles. The van der Waals surface area contributed by atoms with E-state index in [2.05, 4.69) is 10.1 Å². The molecule has 1 fully saturated rings. The molecule has 1 unspecified atom stereocenters. The molecule has 1 saturated heterocycles. The number of likely N-dealkylation sites (tertiary alicyclic amines) is 1. The van der Waals surface area contributed by atoms with Gasteiger partial charge in [0.1, 0.15) is 25.0 Å². The van der Waals surface area contributed by atoms with Gasteiger partial charge in [-0.2, -0.15) is 0 Å². The summed E-state index contributed by atoms with van der Waals surface area (Å²) in [6.07, 6.45) is 1.49. The highest BCUT2D eigenvalue weighted by molar-refractivity contribution is 5.94. The average molecular weight is 376 g/mol. The van der Waals surface area contributed by atoms with Crippen molar-refractivity contribution < 1.29 is 28.7 Å². The normalized spacial score (nSPS) is 19.1. The van der Waals surface area contributed by atoms with Gasteiger partial charge in [-0.3, -0.25) is 14.5 Å². The molecule has 2 amide bonds. The van der Waals surface area contributed by atoms with Gasteiger partial charge in [-0.25, -0.2) is 4.79 Å². The monoisotopic (exact) mass is 376 g/mol. The van der Waals surface area contributed by atoms with Gasteiger partial charge in [-0.1, -0.05) is 30.3 Å². The fraction of sp³-hybridized carbons (Fsp3) is 0.474. The van der Waals surface area contributed by atoms with Crippen molar-refractivity contribution >= 4 is 24.3 Å². The topological polar surface area (TPSA) is 102 Å². The van der Waals surface area contributed by atoms with Gasteiger partial charge >= 0.3 is 12.1 Å². The number of ether oxygens (including phenoxy) is 2. The van der Waals surface area contributed by atoms with Crippen LogP contribution in [0.5, 0.6) is 0 Å². The fourth-order valence-electron chi connectivity index (χ4n) is 3.17. The summed E-state index contributed by atoms with van der Waals surface area (Å²) < 4.78 is 9.88. The zero-order valence-electron chi connectivity index (χ0n) is 15.3. The summed E-state index contributed by atoms with van der Waals surface area (Å²) in [6.45, 7) is 0.0348. The quantitative estimate of drug-likeness (QED) is 0.570. The Morgan fingerprint density at radius 1 is 1.22 bits per heavy atom. The van der Waals surface area contributed by atoms with E-state index in [0.717, 1.165) is 5.56 Å². The van der Waals surface area contributed by atoms with E-state index in [1.165, 1.54) is 12.0 Å². The summed E-state index contributed by atoms with van der Waals surface area (Å²) in [5.74, 6) is -1.17. The van der Waals surface area contributed by atoms with Crippen LogP contribution in [0.3, 0.4) is 0 Å². The molecular weight excluding hydrogens is 352 g/mol. The standard InChI is InChI=1S/C19H24N2O6/c1-26-16(23)13-20-17(24)19(10-12-22)9-5-6-11-21(19)18(25)27-14-15-7-3-2-4-8-15/h2-4,7-8,12H,5-6,9-11,13-14H2,1H3,(H,20,24). The lowest BCUT2D eigenvalue weighted by Gasteiger charge is -2.44. The Kier molecular flexibility index (Phi) is 7.34. The maximum Gasteiger partial charge on any atom is 0.411 e. The van der Waals surface area contributed by atoms with E-state index in [4.69, 9.17) is 4.74 Å². The smallest absolute Gasteiger partial charge is 0.411 e. The van der Waals surface area contributed by atoms with Gasteiger partial charge in [0.05, 0.1) is 7.11 Å². The first-order valence-corrected chi connectivity index (χ1v) is 8.80. The van der Waals surface area contributed by atoms with Crippen molar-refractivity contribution in [2.24, 2.45) is 0 Å². The zero-order chi connectivity index (χ0) is 19.7. The van der Waals surface area contributed by atoms with Crippen LogP contribution in [-0.4, -0.2) is 54.9 Å². The highest BCUT2D eigenvalue weighted by Gasteiger charge is 2.48. The van der Waals surface area contributed by atoms with Crippen molar-refractivity contribution in [3.8, 4) is 0 Å². The molecule has 8 nitrogen and oxygen atoms in total. The molecule has 2 rings (SSSR count). The van der Waals surface area contributed by atoms with Gasteiger partial charge in [0, 0.05) is 13.0 Å². The molecule has 1 aromatic rings. The maximum atomic E-state index is 12.8. The summed E-state index contributed by atoms with van der Waals surface area (Å²) in [5.41, 5.74) is -0.541. The summed E-state index contributed by atoms with van der Waals surface area (Å²) in [7, 11) is 1.21. The molecule has 1 heterocycles. The van der Waals surface area contributed by atoms with Crippen LogP contribution < -0.4 is 5.32 Å². The molecule has 0 bridgehead atoms. The Bertz CT molecular complexity index is 678. The summed E-state index contributed by atoms with van der Waals surface area (Å²) in [4.78, 5) is 49.4. The number of piperidine rings is 1. The highest BCUT2D eigenvalue weighted by Crippen LogP contribution is 2.32. The van der Waals surface area contributed by atoms with E-state index >= 15 is 0 Å². The molecule has 1 aliphatic heterocycles. The third-order valence-corrected chi connectivity index (χ3v) is 4.63. The highest BCUT2D eigenvalue weighted by atomic mass is 16.6. The van der Waals surface area contributed by atoms with E-state index in [-0.39, 0.29) is 19.6 Å². The molecule has 0 saturated carbocycles. The van der Waals surface area contributed by atoms with Gasteiger partial charge in [-0.15, -0.1) is 0 Å². The first-order chi connectivity index (χ1) is 13.0. The largest absolute Gasteiger partial charge is 0.468 e. The first kappa shape index (κ1) is 20.4. The molecule has 0 aliphatic carbocycles. The van der Waals surface area contributed by atoms with Crippen LogP contribution in [0.25, 0.3) is 0 Å². The number of benzene rings is 1. The SMILES string of the molecule is COC(=O)CNC(=O)C1(CC=O)CCCCN1C(=O)OCc1ccccc1. The number of carbonyl (C=O) groups excluding carboxylic acids is 4. The van der Waals surface area contributed by atoms with Crippen molar-refractivity contribution in [2.75, 3.05) is 20.2 Å². The van der Waals surface area contributed by atoms with Crippen LogP contribution >= 0.6 is 0 Å². The minimum absolute atomic E-state index is 0.0666. The van der Waals surface area contributed by atoms with Gasteiger partial charge in [0.25, 0.3) is 0 Å². The van der Waals surface area contributed by atoms with Crippen LogP contribution in [0.15, 0.2) is 30.3 Å². The predicted octanol–water partition coefficient (Wildman–Crippen LogP) is 1.43. The molecule has 0 spiro atoms. The number of nitrogens with one attached hydrogen (secondary N) is 1. The number of esters is 1. The maximum absolute atomic E-state index is 12.8.